The summed E-state index contributed by atoms with van der Waals surface area (Å²) in [5.41, 5.74) is 15.8. The van der Waals surface area contributed by atoms with Crippen molar-refractivity contribution in [1.82, 2.24) is 40.7 Å². The highest BCUT2D eigenvalue weighted by Gasteiger charge is 2.16. The Morgan fingerprint density at radius 1 is 0.672 bits per heavy atom. The van der Waals surface area contributed by atoms with Crippen LogP contribution in [-0.4, -0.2) is 119 Å². The molecule has 2 aliphatic heterocycles. The smallest absolute Gasteiger partial charge is 0.208 e. The molecule has 25 heteroatoms. The Labute approximate surface area is 353 Å². The molecule has 1 aromatic rings. The molecular formula is C33H87N11O8P6. The number of rotatable bonds is 15. The molecule has 0 saturated carbocycles. The fourth-order valence-corrected chi connectivity index (χ4v) is 9.93. The molecule has 1 aromatic carbocycles. The first kappa shape index (κ1) is 67.2. The molecule has 2 atom stereocenters. The van der Waals surface area contributed by atoms with Crippen molar-refractivity contribution in [1.29, 1.82) is 0 Å². The fraction of sp³-hybridized carbons (Fsp3) is 0.818. The molecule has 2 unspecified atom stereocenters. The Morgan fingerprint density at radius 3 is 1.43 bits per heavy atom. The lowest BCUT2D eigenvalue weighted by atomic mass is 10.2. The molecule has 0 aromatic heterocycles. The van der Waals surface area contributed by atoms with Gasteiger partial charge in [-0.1, -0.05) is 59.0 Å². The second-order valence-corrected chi connectivity index (χ2v) is 28.3. The average Bonchev–Trinajstić information content (AvgIpc) is 3.27. The lowest BCUT2D eigenvalue weighted by Gasteiger charge is -2.20. The highest BCUT2D eigenvalue weighted by Crippen LogP contribution is 2.36. The van der Waals surface area contributed by atoms with Crippen LogP contribution >= 0.6 is 44.5 Å². The van der Waals surface area contributed by atoms with E-state index in [-0.39, 0.29) is 14.9 Å². The fourth-order valence-electron chi connectivity index (χ4n) is 4.10. The standard InChI is InChI=1S/C8H13N2OP.C8H20NO3P.C5H13N2OP.C5H15N2OP.C4H11N2OP.CH7N2OP.2CH4/c1-12(9,11)10-7-8-5-3-2-4-6-8;1-11-6-4-8-13(3,10)9-5-7-12-2;1-9(8)6-4-2-3-5-7-9;1-4-6-9(3,8)7-5-2;1-8(7)5-3-2-4-6-8;1-5(2,3)4;;/h2-6H,7H2,1H3,(H3,9,10,11);4-8H2,1-3H3,(H,9,10);2-5H2,1H3,(H2,6,7,8);4-5H2,1-3H3,(H2,6,7,8);2-4H2,1H3,(H2,5,6,7);1H3,(H4,2,3,4);2*1H4. The molecule has 19 nitrogen and oxygen atoms in total. The minimum Gasteiger partial charge on any atom is -0.385 e. The van der Waals surface area contributed by atoms with E-state index in [9.17, 15) is 27.4 Å². The molecule has 2 aliphatic rings. The van der Waals surface area contributed by atoms with Crippen molar-refractivity contribution in [3.05, 3.63) is 35.9 Å². The van der Waals surface area contributed by atoms with E-state index in [0.29, 0.717) is 32.5 Å². The minimum absolute atomic E-state index is 0. The normalized spacial score (nSPS) is 17.6. The Morgan fingerprint density at radius 2 is 1.07 bits per heavy atom. The summed E-state index contributed by atoms with van der Waals surface area (Å²) < 4.78 is 75.7. The molecule has 14 N–H and O–H groups in total. The van der Waals surface area contributed by atoms with Gasteiger partial charge in [0, 0.05) is 106 Å². The molecule has 0 bridgehead atoms. The van der Waals surface area contributed by atoms with Crippen LogP contribution in [0.5, 0.6) is 0 Å². The van der Waals surface area contributed by atoms with Crippen LogP contribution in [0.4, 0.5) is 0 Å². The molecule has 2 saturated heterocycles. The van der Waals surface area contributed by atoms with Crippen molar-refractivity contribution < 1.29 is 36.9 Å². The van der Waals surface area contributed by atoms with Gasteiger partial charge in [-0.05, 0) is 44.3 Å². The third-order valence-electron chi connectivity index (χ3n) is 6.66. The van der Waals surface area contributed by atoms with Crippen LogP contribution in [0.15, 0.2) is 30.3 Å². The second-order valence-electron chi connectivity index (χ2n) is 13.4. The van der Waals surface area contributed by atoms with Gasteiger partial charge in [-0.25, -0.2) is 0 Å². The van der Waals surface area contributed by atoms with E-state index in [1.54, 1.807) is 40.9 Å². The summed E-state index contributed by atoms with van der Waals surface area (Å²) in [5.74, 6) is 0. The number of benzene rings is 1. The summed E-state index contributed by atoms with van der Waals surface area (Å²) in [6.07, 6.45) is 4.86. The summed E-state index contributed by atoms with van der Waals surface area (Å²) in [7, 11) is -10.5. The van der Waals surface area contributed by atoms with Crippen LogP contribution in [0.25, 0.3) is 0 Å². The largest absolute Gasteiger partial charge is 0.385 e. The van der Waals surface area contributed by atoms with Crippen LogP contribution in [0.1, 0.15) is 59.9 Å². The topological polar surface area (TPSA) is 295 Å². The predicted octanol–water partition coefficient (Wildman–Crippen LogP) is 5.93. The molecular weight excluding hydrogens is 864 g/mol. The highest BCUT2D eigenvalue weighted by atomic mass is 31.2. The van der Waals surface area contributed by atoms with Crippen LogP contribution in [-0.2, 0) is 43.4 Å². The van der Waals surface area contributed by atoms with Crippen molar-refractivity contribution in [2.45, 2.75) is 60.9 Å². The van der Waals surface area contributed by atoms with Crippen molar-refractivity contribution in [3.8, 4) is 0 Å². The third kappa shape index (κ3) is 56.1. The summed E-state index contributed by atoms with van der Waals surface area (Å²) in [6.45, 7) is 21.1. The monoisotopic (exact) mass is 952 g/mol. The number of nitrogens with two attached hydrogens (primary N) is 3. The molecule has 0 aliphatic carbocycles. The third-order valence-corrected chi connectivity index (χ3v) is 14.7. The van der Waals surface area contributed by atoms with Gasteiger partial charge < -0.3 is 14.0 Å². The van der Waals surface area contributed by atoms with E-state index in [1.165, 1.54) is 13.3 Å². The van der Waals surface area contributed by atoms with Gasteiger partial charge in [0.2, 0.25) is 37.2 Å². The molecule has 352 valence electrons. The van der Waals surface area contributed by atoms with Gasteiger partial charge in [0.15, 0.2) is 0 Å². The quantitative estimate of drug-likeness (QED) is 0.0718. The van der Waals surface area contributed by atoms with Gasteiger partial charge in [0.05, 0.1) is 6.61 Å². The first-order valence-electron chi connectivity index (χ1n) is 18.6. The minimum atomic E-state index is -2.64. The van der Waals surface area contributed by atoms with Gasteiger partial charge in [-0.15, -0.1) is 0 Å². The predicted molar refractivity (Wildman–Crippen MR) is 255 cm³/mol. The van der Waals surface area contributed by atoms with Gasteiger partial charge in [-0.3, -0.25) is 80.0 Å². The molecule has 2 heterocycles. The van der Waals surface area contributed by atoms with Gasteiger partial charge >= 0.3 is 0 Å². The summed E-state index contributed by atoms with van der Waals surface area (Å²) >= 11 is 0. The van der Waals surface area contributed by atoms with Gasteiger partial charge in [0.1, 0.15) is 7.29 Å². The van der Waals surface area contributed by atoms with Gasteiger partial charge in [-0.2, -0.15) is 0 Å². The second kappa shape index (κ2) is 37.6. The van der Waals surface area contributed by atoms with Crippen LogP contribution in [0, 0.1) is 0 Å². The zero-order chi connectivity index (χ0) is 43.8. The first-order valence-corrected chi connectivity index (χ1v) is 31.9. The van der Waals surface area contributed by atoms with Crippen LogP contribution in [0.2, 0.25) is 0 Å². The molecule has 2 fully saturated rings. The molecule has 3 rings (SSSR count). The highest BCUT2D eigenvalue weighted by molar-refractivity contribution is 7.61. The van der Waals surface area contributed by atoms with E-state index >= 15 is 0 Å². The number of ether oxygens (including phenoxy) is 2. The molecule has 0 radical (unpaired) electrons. The van der Waals surface area contributed by atoms with Crippen LogP contribution in [0.3, 0.4) is 0 Å². The lowest BCUT2D eigenvalue weighted by Crippen LogP contribution is -2.30. The maximum Gasteiger partial charge on any atom is 0.208 e. The number of nitrogens with one attached hydrogen (secondary N) is 8. The van der Waals surface area contributed by atoms with E-state index in [1.807, 2.05) is 44.2 Å². The van der Waals surface area contributed by atoms with Gasteiger partial charge in [0.25, 0.3) is 0 Å². The maximum absolute atomic E-state index is 11.7. The maximum atomic E-state index is 11.7. The summed E-state index contributed by atoms with van der Waals surface area (Å²) in [4.78, 5) is 0. The molecule has 0 spiro atoms. The zero-order valence-corrected chi connectivity index (χ0v) is 41.0. The zero-order valence-electron chi connectivity index (χ0n) is 35.7. The molecule has 0 amide bonds. The number of methoxy groups -OCH3 is 2. The Bertz CT molecular complexity index is 1350. The van der Waals surface area contributed by atoms with Crippen molar-refractivity contribution >= 4 is 44.5 Å². The van der Waals surface area contributed by atoms with E-state index in [0.717, 1.165) is 70.5 Å². The summed E-state index contributed by atoms with van der Waals surface area (Å²) in [6, 6.07) is 9.74. The van der Waals surface area contributed by atoms with Crippen molar-refractivity contribution in [2.24, 2.45) is 16.5 Å². The molecule has 58 heavy (non-hydrogen) atoms. The first-order chi connectivity index (χ1) is 25.7. The Hall–Kier alpha value is 0.0800. The Kier molecular flexibility index (Phi) is 43.6. The average molecular weight is 952 g/mol. The van der Waals surface area contributed by atoms with Crippen molar-refractivity contribution in [2.75, 3.05) is 119 Å². The van der Waals surface area contributed by atoms with E-state index < -0.39 is 44.5 Å². The summed E-state index contributed by atoms with van der Waals surface area (Å²) in [5, 5.41) is 23.2. The van der Waals surface area contributed by atoms with E-state index in [4.69, 9.17) is 15.0 Å². The SMILES string of the molecule is C.C.CCNP(C)(=O)NCC.COCCCP(C)(=O)NCCOC.CP(N)(=O)NCc1ccccc1.CP(N)(N)=O.CP1(=O)NCCCCN1.CP1(=O)NCCCN1. The van der Waals surface area contributed by atoms with Crippen LogP contribution < -0.4 is 57.2 Å². The number of hydrogen-bond acceptors (Lipinski definition) is 8. The number of hydrogen-bond donors (Lipinski definition) is 11. The van der Waals surface area contributed by atoms with E-state index in [2.05, 4.69) is 51.7 Å². The Balaban J connectivity index is -0.000000196. The lowest BCUT2D eigenvalue weighted by molar-refractivity contribution is 0.199. The van der Waals surface area contributed by atoms with Crippen molar-refractivity contribution in [3.63, 3.8) is 0 Å².